The quantitative estimate of drug-likeness (QED) is 0.723. The van der Waals surface area contributed by atoms with Gasteiger partial charge < -0.3 is 4.90 Å². The lowest BCUT2D eigenvalue weighted by Gasteiger charge is -2.19. The molecule has 1 rings (SSSR count). The molecule has 1 aromatic rings. The number of anilines is 1. The zero-order valence-electron chi connectivity index (χ0n) is 7.50. The van der Waals surface area contributed by atoms with Gasteiger partial charge in [0, 0.05) is 25.7 Å². The maximum atomic E-state index is 5.75. The van der Waals surface area contributed by atoms with E-state index in [9.17, 15) is 0 Å². The highest BCUT2D eigenvalue weighted by atomic mass is 35.5. The fraction of sp³-hybridized carbons (Fsp3) is 0.444. The van der Waals surface area contributed by atoms with Crippen LogP contribution < -0.4 is 4.90 Å². The number of halogens is 2. The van der Waals surface area contributed by atoms with E-state index in [0.29, 0.717) is 11.8 Å². The van der Waals surface area contributed by atoms with Gasteiger partial charge in [-0.05, 0) is 12.1 Å². The first-order chi connectivity index (χ1) is 6.29. The van der Waals surface area contributed by atoms with E-state index in [2.05, 4.69) is 9.88 Å². The minimum atomic E-state index is 0.433. The maximum absolute atomic E-state index is 5.75. The number of hydrogen-bond acceptors (Lipinski definition) is 2. The molecule has 0 N–H and O–H groups in total. The summed E-state index contributed by atoms with van der Waals surface area (Å²) >= 11 is 11.4. The standard InChI is InChI=1S/C9H12Cl2N2/c1-13(6-4-10)9-3-2-5-12-8(9)7-11/h2-3,5H,4,6-7H2,1H3. The van der Waals surface area contributed by atoms with Crippen LogP contribution in [0.4, 0.5) is 5.69 Å². The van der Waals surface area contributed by atoms with Gasteiger partial charge in [0.15, 0.2) is 0 Å². The van der Waals surface area contributed by atoms with Crippen molar-refractivity contribution in [2.75, 3.05) is 24.4 Å². The number of aromatic nitrogens is 1. The highest BCUT2D eigenvalue weighted by molar-refractivity contribution is 6.18. The first kappa shape index (κ1) is 10.6. The second-order valence-electron chi connectivity index (χ2n) is 2.71. The second kappa shape index (κ2) is 5.30. The molecule has 13 heavy (non-hydrogen) atoms. The van der Waals surface area contributed by atoms with Crippen molar-refractivity contribution in [1.82, 2.24) is 4.98 Å². The van der Waals surface area contributed by atoms with Crippen molar-refractivity contribution in [3.8, 4) is 0 Å². The van der Waals surface area contributed by atoms with Crippen molar-refractivity contribution in [1.29, 1.82) is 0 Å². The Morgan fingerprint density at radius 1 is 1.46 bits per heavy atom. The second-order valence-corrected chi connectivity index (χ2v) is 3.36. The molecule has 2 nitrogen and oxygen atoms in total. The third-order valence-corrected chi connectivity index (χ3v) is 2.25. The molecule has 0 atom stereocenters. The third-order valence-electron chi connectivity index (χ3n) is 1.82. The average molecular weight is 219 g/mol. The largest absolute Gasteiger partial charge is 0.372 e. The smallest absolute Gasteiger partial charge is 0.0784 e. The van der Waals surface area contributed by atoms with Crippen LogP contribution in [0, 0.1) is 0 Å². The fourth-order valence-corrected chi connectivity index (χ4v) is 1.59. The molecule has 0 aliphatic rings. The Labute approximate surface area is 88.5 Å². The van der Waals surface area contributed by atoms with Crippen molar-refractivity contribution in [2.24, 2.45) is 0 Å². The summed E-state index contributed by atoms with van der Waals surface area (Å²) in [5.41, 5.74) is 1.95. The molecule has 0 aromatic carbocycles. The molecule has 1 heterocycles. The van der Waals surface area contributed by atoms with Crippen LogP contribution in [-0.2, 0) is 5.88 Å². The molecule has 1 aromatic heterocycles. The maximum Gasteiger partial charge on any atom is 0.0784 e. The summed E-state index contributed by atoms with van der Waals surface area (Å²) in [5, 5.41) is 0. The van der Waals surface area contributed by atoms with Crippen LogP contribution in [0.1, 0.15) is 5.69 Å². The Bertz CT molecular complexity index is 266. The van der Waals surface area contributed by atoms with Gasteiger partial charge in [0.2, 0.25) is 0 Å². The lowest BCUT2D eigenvalue weighted by molar-refractivity contribution is 0.950. The van der Waals surface area contributed by atoms with Crippen molar-refractivity contribution in [2.45, 2.75) is 5.88 Å². The lowest BCUT2D eigenvalue weighted by atomic mass is 10.3. The fourth-order valence-electron chi connectivity index (χ4n) is 1.13. The van der Waals surface area contributed by atoms with Crippen molar-refractivity contribution in [3.05, 3.63) is 24.0 Å². The van der Waals surface area contributed by atoms with Gasteiger partial charge in [0.25, 0.3) is 0 Å². The molecule has 0 spiro atoms. The lowest BCUT2D eigenvalue weighted by Crippen LogP contribution is -2.21. The van der Waals surface area contributed by atoms with Crippen LogP contribution in [0.3, 0.4) is 0 Å². The van der Waals surface area contributed by atoms with E-state index in [-0.39, 0.29) is 0 Å². The summed E-state index contributed by atoms with van der Waals surface area (Å²) < 4.78 is 0. The number of hydrogen-bond donors (Lipinski definition) is 0. The zero-order valence-corrected chi connectivity index (χ0v) is 9.02. The minimum Gasteiger partial charge on any atom is -0.372 e. The first-order valence-electron chi connectivity index (χ1n) is 4.06. The molecular formula is C9H12Cl2N2. The SMILES string of the molecule is CN(CCCl)c1cccnc1CCl. The van der Waals surface area contributed by atoms with Gasteiger partial charge in [-0.1, -0.05) is 0 Å². The van der Waals surface area contributed by atoms with Crippen LogP contribution in [0.25, 0.3) is 0 Å². The van der Waals surface area contributed by atoms with Gasteiger partial charge in [-0.15, -0.1) is 23.2 Å². The number of nitrogens with zero attached hydrogens (tertiary/aromatic N) is 2. The van der Waals surface area contributed by atoms with Gasteiger partial charge in [0.1, 0.15) is 0 Å². The van der Waals surface area contributed by atoms with Crippen LogP contribution in [0.2, 0.25) is 0 Å². The van der Waals surface area contributed by atoms with Crippen LogP contribution in [0.15, 0.2) is 18.3 Å². The summed E-state index contributed by atoms with van der Waals surface area (Å²) in [6.07, 6.45) is 1.75. The molecule has 0 amide bonds. The van der Waals surface area contributed by atoms with Crippen molar-refractivity contribution in [3.63, 3.8) is 0 Å². The number of alkyl halides is 2. The molecule has 0 bridgehead atoms. The summed E-state index contributed by atoms with van der Waals surface area (Å²) in [7, 11) is 1.98. The van der Waals surface area contributed by atoms with Gasteiger partial charge in [-0.2, -0.15) is 0 Å². The summed E-state index contributed by atoms with van der Waals surface area (Å²) in [6, 6.07) is 3.90. The van der Waals surface area contributed by atoms with E-state index < -0.39 is 0 Å². The predicted molar refractivity (Wildman–Crippen MR) is 57.8 cm³/mol. The number of rotatable bonds is 4. The normalized spacial score (nSPS) is 10.1. The molecule has 0 radical (unpaired) electrons. The Balaban J connectivity index is 2.85. The summed E-state index contributed by atoms with van der Waals surface area (Å²) in [4.78, 5) is 6.24. The van der Waals surface area contributed by atoms with Gasteiger partial charge in [0.05, 0.1) is 17.3 Å². The Morgan fingerprint density at radius 2 is 2.23 bits per heavy atom. The highest BCUT2D eigenvalue weighted by Gasteiger charge is 2.05. The Hall–Kier alpha value is -0.470. The molecule has 0 fully saturated rings. The van der Waals surface area contributed by atoms with Crippen LogP contribution in [0.5, 0.6) is 0 Å². The van der Waals surface area contributed by atoms with Gasteiger partial charge in [-0.3, -0.25) is 4.98 Å². The van der Waals surface area contributed by atoms with Gasteiger partial charge in [-0.25, -0.2) is 0 Å². The van der Waals surface area contributed by atoms with Crippen LogP contribution in [-0.4, -0.2) is 24.5 Å². The van der Waals surface area contributed by atoms with Crippen molar-refractivity contribution < 1.29 is 0 Å². The minimum absolute atomic E-state index is 0.433. The zero-order chi connectivity index (χ0) is 9.68. The summed E-state index contributed by atoms with van der Waals surface area (Å²) in [5.74, 6) is 1.04. The average Bonchev–Trinajstić information content (AvgIpc) is 2.18. The van der Waals surface area contributed by atoms with E-state index in [1.54, 1.807) is 6.20 Å². The molecule has 0 saturated carbocycles. The number of pyridine rings is 1. The topological polar surface area (TPSA) is 16.1 Å². The first-order valence-corrected chi connectivity index (χ1v) is 5.13. The molecule has 0 saturated heterocycles. The van der Waals surface area contributed by atoms with Crippen LogP contribution >= 0.6 is 23.2 Å². The monoisotopic (exact) mass is 218 g/mol. The van der Waals surface area contributed by atoms with E-state index in [0.717, 1.165) is 17.9 Å². The molecular weight excluding hydrogens is 207 g/mol. The summed E-state index contributed by atoms with van der Waals surface area (Å²) in [6.45, 7) is 0.803. The third kappa shape index (κ3) is 2.75. The molecule has 0 unspecified atom stereocenters. The van der Waals surface area contributed by atoms with E-state index in [1.807, 2.05) is 19.2 Å². The molecule has 0 aliphatic carbocycles. The molecule has 4 heteroatoms. The highest BCUT2D eigenvalue weighted by Crippen LogP contribution is 2.18. The predicted octanol–water partition coefficient (Wildman–Crippen LogP) is 2.50. The van der Waals surface area contributed by atoms with E-state index in [1.165, 1.54) is 0 Å². The molecule has 0 aliphatic heterocycles. The van der Waals surface area contributed by atoms with Gasteiger partial charge >= 0.3 is 0 Å². The van der Waals surface area contributed by atoms with E-state index >= 15 is 0 Å². The van der Waals surface area contributed by atoms with E-state index in [4.69, 9.17) is 23.2 Å². The Kier molecular flexibility index (Phi) is 4.33. The Morgan fingerprint density at radius 3 is 2.85 bits per heavy atom. The molecule has 72 valence electrons. The van der Waals surface area contributed by atoms with Crippen molar-refractivity contribution >= 4 is 28.9 Å².